The number of carbonyl (C=O) groups excluding carboxylic acids is 2. The Bertz CT molecular complexity index is 690. The van der Waals surface area contributed by atoms with E-state index in [1.165, 1.54) is 77.0 Å². The zero-order valence-corrected chi connectivity index (χ0v) is 27.5. The maximum absolute atomic E-state index is 11.7. The molecule has 1 unspecified atom stereocenters. The van der Waals surface area contributed by atoms with Gasteiger partial charge < -0.3 is 24.7 Å². The molecule has 1 N–H and O–H groups in total. The fourth-order valence-corrected chi connectivity index (χ4v) is 4.17. The molecule has 0 aliphatic rings. The van der Waals surface area contributed by atoms with Gasteiger partial charge in [0.05, 0.1) is 18.9 Å². The van der Waals surface area contributed by atoms with Crippen LogP contribution in [0.1, 0.15) is 116 Å². The minimum Gasteiger partial charge on any atom is -0.862 e. The Morgan fingerprint density at radius 1 is 0.806 bits per heavy atom. The maximum Gasteiger partial charge on any atom is 1.00 e. The van der Waals surface area contributed by atoms with Crippen molar-refractivity contribution in [1.82, 2.24) is 0 Å². The Hall–Kier alpha value is 0.320. The number of carbonyl (C=O) groups is 2. The number of hydrogen-bond acceptors (Lipinski definition) is 8. The van der Waals surface area contributed by atoms with Gasteiger partial charge in [-0.05, 0) is 18.7 Å². The molecule has 0 saturated heterocycles. The second-order valence-electron chi connectivity index (χ2n) is 8.72. The van der Waals surface area contributed by atoms with Crippen molar-refractivity contribution in [1.29, 1.82) is 0 Å². The van der Waals surface area contributed by atoms with Gasteiger partial charge in [-0.25, -0.2) is 0 Å². The van der Waals surface area contributed by atoms with Gasteiger partial charge in [-0.2, -0.15) is 8.42 Å². The molecule has 0 aromatic rings. The number of hydrogen-bond donors (Lipinski definition) is 1. The number of carboxylic acids is 1. The van der Waals surface area contributed by atoms with Crippen molar-refractivity contribution >= 4 is 28.0 Å². The van der Waals surface area contributed by atoms with E-state index in [0.717, 1.165) is 19.3 Å². The van der Waals surface area contributed by atoms with Crippen LogP contribution in [0.4, 0.5) is 0 Å². The molecule has 0 radical (unpaired) electrons. The first-order valence-corrected chi connectivity index (χ1v) is 14.2. The van der Waals surface area contributed by atoms with Gasteiger partial charge in [0.15, 0.2) is 0 Å². The van der Waals surface area contributed by atoms with Gasteiger partial charge in [-0.1, -0.05) is 96.8 Å². The first kappa shape index (κ1) is 40.8. The average Bonchev–Trinajstić information content (AvgIpc) is 2.76. The number of carboxylic acid groups (broad SMARTS) is 1. The molecular formula is C24H43NNa2O8S. The van der Waals surface area contributed by atoms with Gasteiger partial charge in [0.25, 0.3) is 10.1 Å². The summed E-state index contributed by atoms with van der Waals surface area (Å²) in [7, 11) is -4.97. The summed E-state index contributed by atoms with van der Waals surface area (Å²) in [6, 6.07) is 0. The number of esters is 1. The van der Waals surface area contributed by atoms with E-state index in [1.54, 1.807) is 0 Å². The molecule has 200 valence electrons. The topological polar surface area (TPSA) is 156 Å². The molecule has 1 atom stereocenters. The molecule has 0 aromatic carbocycles. The number of aliphatic imine (C=N–C) groups is 1. The number of unbranched alkanes of at least 4 members (excludes halogenated alkanes) is 14. The van der Waals surface area contributed by atoms with E-state index in [4.69, 9.17) is 4.55 Å². The number of aliphatic carboxylic acids is 1. The molecular weight excluding hydrogens is 508 g/mol. The minimum atomic E-state index is -4.97. The van der Waals surface area contributed by atoms with E-state index in [9.17, 15) is 28.2 Å². The Kier molecular flexibility index (Phi) is 30.5. The average molecular weight is 552 g/mol. The molecule has 0 aromatic heterocycles. The van der Waals surface area contributed by atoms with Crippen LogP contribution in [-0.4, -0.2) is 49.2 Å². The van der Waals surface area contributed by atoms with Gasteiger partial charge >= 0.3 is 65.1 Å². The number of nitrogens with zero attached hydrogens (tertiary/aromatic N) is 1. The predicted octanol–water partition coefficient (Wildman–Crippen LogP) is -3.05. The Balaban J connectivity index is -0.00000544. The largest absolute Gasteiger partial charge is 1.00 e. The molecule has 0 amide bonds. The fraction of sp³-hybridized carbons (Fsp3) is 0.875. The molecule has 0 spiro atoms. The minimum absolute atomic E-state index is 0. The first-order chi connectivity index (χ1) is 16.2. The normalized spacial score (nSPS) is 12.3. The standard InChI is InChI=1S/C24H45NO8S.2Na/c1-2-3-4-5-6-7-8-9-10-11-12-13-14-15-16-17-22(26)25-18-19-33-23(27)20-21(24(28)29)34(30,31)32;;/h21H,2-20H2,1H3,(H,25,26)(H,28,29)(H,30,31,32);;/q;2*+1/p-2. The van der Waals surface area contributed by atoms with Crippen LogP contribution in [0.5, 0.6) is 0 Å². The Labute approximate surface area is 262 Å². The summed E-state index contributed by atoms with van der Waals surface area (Å²) in [5, 5.41) is 20.0. The van der Waals surface area contributed by atoms with Crippen LogP contribution < -0.4 is 69.3 Å². The molecule has 0 aliphatic heterocycles. The predicted molar refractivity (Wildman–Crippen MR) is 128 cm³/mol. The van der Waals surface area contributed by atoms with Crippen molar-refractivity contribution < 1.29 is 96.6 Å². The Morgan fingerprint density at radius 2 is 1.22 bits per heavy atom. The fourth-order valence-electron chi connectivity index (χ4n) is 3.58. The van der Waals surface area contributed by atoms with Gasteiger partial charge in [0, 0.05) is 0 Å². The van der Waals surface area contributed by atoms with Crippen molar-refractivity contribution in [3.05, 3.63) is 0 Å². The number of rotatable bonds is 23. The molecule has 0 bridgehead atoms. The third-order valence-electron chi connectivity index (χ3n) is 5.61. The zero-order valence-electron chi connectivity index (χ0n) is 22.7. The van der Waals surface area contributed by atoms with Crippen molar-refractivity contribution in [3.8, 4) is 0 Å². The second kappa shape index (κ2) is 26.9. The van der Waals surface area contributed by atoms with E-state index in [-0.39, 0.29) is 78.2 Å². The molecule has 0 rings (SSSR count). The SMILES string of the molecule is CCCCCCCCCCCCCCCCCC([O-])=NCCOC(=O)CC(C(=O)[O-])S(=O)(=O)O.[Na+].[Na+]. The monoisotopic (exact) mass is 551 g/mol. The second-order valence-corrected chi connectivity index (χ2v) is 10.3. The van der Waals surface area contributed by atoms with E-state index < -0.39 is 33.7 Å². The van der Waals surface area contributed by atoms with Crippen molar-refractivity contribution in [2.24, 2.45) is 4.99 Å². The summed E-state index contributed by atoms with van der Waals surface area (Å²) in [6.07, 6.45) is 17.9. The van der Waals surface area contributed by atoms with E-state index in [2.05, 4.69) is 16.7 Å². The van der Waals surface area contributed by atoms with Crippen LogP contribution in [0.15, 0.2) is 4.99 Å². The van der Waals surface area contributed by atoms with Crippen LogP contribution in [-0.2, 0) is 24.4 Å². The summed E-state index contributed by atoms with van der Waals surface area (Å²) in [4.78, 5) is 25.9. The van der Waals surface area contributed by atoms with E-state index in [0.29, 0.717) is 6.42 Å². The van der Waals surface area contributed by atoms with Crippen LogP contribution in [0.25, 0.3) is 0 Å². The Morgan fingerprint density at radius 3 is 1.61 bits per heavy atom. The van der Waals surface area contributed by atoms with E-state index in [1.807, 2.05) is 0 Å². The first-order valence-electron chi connectivity index (χ1n) is 12.7. The molecule has 0 saturated carbocycles. The van der Waals surface area contributed by atoms with Crippen molar-refractivity contribution in [2.45, 2.75) is 121 Å². The van der Waals surface area contributed by atoms with Gasteiger partial charge in [-0.15, -0.1) is 0 Å². The van der Waals surface area contributed by atoms with Crippen LogP contribution in [0, 0.1) is 0 Å². The van der Waals surface area contributed by atoms with Crippen LogP contribution >= 0.6 is 0 Å². The van der Waals surface area contributed by atoms with Crippen molar-refractivity contribution in [2.75, 3.05) is 13.2 Å². The molecule has 9 nitrogen and oxygen atoms in total. The summed E-state index contributed by atoms with van der Waals surface area (Å²) >= 11 is 0. The van der Waals surface area contributed by atoms with Crippen LogP contribution in [0.3, 0.4) is 0 Å². The van der Waals surface area contributed by atoms with E-state index >= 15 is 0 Å². The van der Waals surface area contributed by atoms with Gasteiger partial charge in [0.1, 0.15) is 11.9 Å². The maximum atomic E-state index is 11.7. The van der Waals surface area contributed by atoms with Crippen molar-refractivity contribution in [3.63, 3.8) is 0 Å². The van der Waals surface area contributed by atoms with Gasteiger partial charge in [-0.3, -0.25) is 9.35 Å². The summed E-state index contributed by atoms with van der Waals surface area (Å²) in [5.41, 5.74) is 0. The van der Waals surface area contributed by atoms with Crippen LogP contribution in [0.2, 0.25) is 0 Å². The summed E-state index contributed by atoms with van der Waals surface area (Å²) in [6.45, 7) is 1.87. The quantitative estimate of drug-likeness (QED) is 0.0351. The third-order valence-corrected chi connectivity index (χ3v) is 6.69. The summed E-state index contributed by atoms with van der Waals surface area (Å²) in [5.74, 6) is -3.53. The molecule has 36 heavy (non-hydrogen) atoms. The molecule has 0 heterocycles. The van der Waals surface area contributed by atoms with Gasteiger partial charge in [0.2, 0.25) is 0 Å². The zero-order chi connectivity index (χ0) is 25.7. The third kappa shape index (κ3) is 25.9. The molecule has 0 aliphatic carbocycles. The smallest absolute Gasteiger partial charge is 0.862 e. The number of ether oxygens (including phenoxy) is 1. The molecule has 0 fully saturated rings. The molecule has 12 heteroatoms. The summed E-state index contributed by atoms with van der Waals surface area (Å²) < 4.78 is 35.1.